The normalized spacial score (nSPS) is 17.1. The summed E-state index contributed by atoms with van der Waals surface area (Å²) in [6.45, 7) is 14.9. The Morgan fingerprint density at radius 3 is 2.53 bits per heavy atom. The molecule has 10 nitrogen and oxygen atoms in total. The summed E-state index contributed by atoms with van der Waals surface area (Å²) in [5.41, 5.74) is 2.60. The van der Waals surface area contributed by atoms with E-state index in [1.54, 1.807) is 6.20 Å². The van der Waals surface area contributed by atoms with Gasteiger partial charge in [-0.25, -0.2) is 19.7 Å². The van der Waals surface area contributed by atoms with E-state index in [-0.39, 0.29) is 17.8 Å². The minimum absolute atomic E-state index is 0.109. The highest BCUT2D eigenvalue weighted by molar-refractivity contribution is 5.93. The van der Waals surface area contributed by atoms with Crippen LogP contribution in [-0.4, -0.2) is 83.3 Å². The summed E-state index contributed by atoms with van der Waals surface area (Å²) in [6.07, 6.45) is 4.28. The smallest absolute Gasteiger partial charge is 0.339 e. The van der Waals surface area contributed by atoms with Crippen LogP contribution in [-0.2, 0) is 9.47 Å². The number of methoxy groups -OCH3 is 1. The third-order valence-corrected chi connectivity index (χ3v) is 7.08. The lowest BCUT2D eigenvalue weighted by Gasteiger charge is -2.47. The number of carbonyl (C=O) groups is 2. The van der Waals surface area contributed by atoms with Crippen molar-refractivity contribution in [3.63, 3.8) is 0 Å². The van der Waals surface area contributed by atoms with Crippen molar-refractivity contribution in [1.82, 2.24) is 19.9 Å². The van der Waals surface area contributed by atoms with Crippen molar-refractivity contribution in [2.75, 3.05) is 50.1 Å². The monoisotopic (exact) mass is 524 g/mol. The zero-order valence-corrected chi connectivity index (χ0v) is 23.6. The predicted molar refractivity (Wildman–Crippen MR) is 146 cm³/mol. The second-order valence-electron chi connectivity index (χ2n) is 11.1. The topological polar surface area (TPSA) is 110 Å². The molecular weight excluding hydrogens is 484 g/mol. The molecule has 4 rings (SSSR count). The van der Waals surface area contributed by atoms with Crippen molar-refractivity contribution in [3.8, 4) is 0 Å². The first-order valence-corrected chi connectivity index (χ1v) is 13.4. The van der Waals surface area contributed by atoms with Gasteiger partial charge >= 0.3 is 5.97 Å². The van der Waals surface area contributed by atoms with Gasteiger partial charge in [0.15, 0.2) is 0 Å². The van der Waals surface area contributed by atoms with Gasteiger partial charge in [0.05, 0.1) is 48.5 Å². The van der Waals surface area contributed by atoms with E-state index in [0.717, 1.165) is 29.9 Å². The van der Waals surface area contributed by atoms with E-state index >= 15 is 0 Å². The molecule has 1 amide bonds. The van der Waals surface area contributed by atoms with Crippen LogP contribution in [0.2, 0.25) is 0 Å². The van der Waals surface area contributed by atoms with Crippen LogP contribution in [0.15, 0.2) is 12.3 Å². The van der Waals surface area contributed by atoms with Crippen molar-refractivity contribution in [3.05, 3.63) is 40.5 Å². The molecule has 1 N–H and O–H groups in total. The number of pyridine rings is 1. The number of esters is 1. The number of piperazine rings is 1. The van der Waals surface area contributed by atoms with Gasteiger partial charge in [0.1, 0.15) is 17.3 Å². The zero-order valence-electron chi connectivity index (χ0n) is 23.6. The molecule has 1 saturated heterocycles. The van der Waals surface area contributed by atoms with Gasteiger partial charge in [-0.1, -0.05) is 13.8 Å². The minimum atomic E-state index is -0.476. The van der Waals surface area contributed by atoms with Gasteiger partial charge in [0, 0.05) is 26.2 Å². The van der Waals surface area contributed by atoms with Gasteiger partial charge in [-0.05, 0) is 58.1 Å². The SMILES string of the molecule is COC(=O)c1c(C)cc(N2CCN(C(=O)c3cnc(NCCOC4CC4)c(C(C)C)n3)C(C)(C)C2)nc1C. The molecule has 2 fully saturated rings. The van der Waals surface area contributed by atoms with Crippen LogP contribution >= 0.6 is 0 Å². The molecule has 2 aromatic heterocycles. The highest BCUT2D eigenvalue weighted by Gasteiger charge is 2.38. The van der Waals surface area contributed by atoms with Crippen molar-refractivity contribution in [1.29, 1.82) is 0 Å². The molecule has 38 heavy (non-hydrogen) atoms. The van der Waals surface area contributed by atoms with Crippen molar-refractivity contribution < 1.29 is 19.1 Å². The Kier molecular flexibility index (Phi) is 8.20. The van der Waals surface area contributed by atoms with E-state index in [4.69, 9.17) is 14.5 Å². The number of ether oxygens (including phenoxy) is 2. The van der Waals surface area contributed by atoms with Crippen LogP contribution in [0.1, 0.15) is 84.3 Å². The summed E-state index contributed by atoms with van der Waals surface area (Å²) in [6, 6.07) is 1.91. The van der Waals surface area contributed by atoms with Gasteiger partial charge < -0.3 is 24.6 Å². The lowest BCUT2D eigenvalue weighted by atomic mass is 9.97. The summed E-state index contributed by atoms with van der Waals surface area (Å²) < 4.78 is 10.6. The first kappa shape index (κ1) is 27.8. The number of hydrogen-bond donors (Lipinski definition) is 1. The number of aromatic nitrogens is 3. The molecule has 2 aliphatic rings. The first-order chi connectivity index (χ1) is 18.0. The molecule has 2 aromatic rings. The van der Waals surface area contributed by atoms with Crippen molar-refractivity contribution in [2.24, 2.45) is 0 Å². The number of nitrogens with one attached hydrogen (secondary N) is 1. The highest BCUT2D eigenvalue weighted by Crippen LogP contribution is 2.29. The molecule has 0 unspecified atom stereocenters. The predicted octanol–water partition coefficient (Wildman–Crippen LogP) is 3.73. The van der Waals surface area contributed by atoms with E-state index in [9.17, 15) is 9.59 Å². The Hall–Kier alpha value is -3.27. The van der Waals surface area contributed by atoms with E-state index in [2.05, 4.69) is 34.0 Å². The van der Waals surface area contributed by atoms with Gasteiger partial charge in [0.25, 0.3) is 5.91 Å². The molecule has 1 aliphatic heterocycles. The number of amides is 1. The van der Waals surface area contributed by atoms with Crippen LogP contribution in [0, 0.1) is 13.8 Å². The fraction of sp³-hybridized carbons (Fsp3) is 0.607. The average Bonchev–Trinajstić information content (AvgIpc) is 3.69. The molecule has 1 aliphatic carbocycles. The molecule has 10 heteroatoms. The molecule has 0 spiro atoms. The number of rotatable bonds is 9. The number of nitrogens with zero attached hydrogens (tertiary/aromatic N) is 5. The summed E-state index contributed by atoms with van der Waals surface area (Å²) in [5.74, 6) is 1.08. The molecule has 0 aromatic carbocycles. The van der Waals surface area contributed by atoms with E-state index in [1.165, 1.54) is 7.11 Å². The Balaban J connectivity index is 1.47. The summed E-state index contributed by atoms with van der Waals surface area (Å²) in [7, 11) is 1.37. The molecule has 0 radical (unpaired) electrons. The highest BCUT2D eigenvalue weighted by atomic mass is 16.5. The second-order valence-corrected chi connectivity index (χ2v) is 11.1. The Labute approximate surface area is 225 Å². The van der Waals surface area contributed by atoms with E-state index in [1.807, 2.05) is 38.7 Å². The second kappa shape index (κ2) is 11.2. The van der Waals surface area contributed by atoms with Gasteiger partial charge in [-0.2, -0.15) is 0 Å². The minimum Gasteiger partial charge on any atom is -0.465 e. The number of carbonyl (C=O) groups excluding carboxylic acids is 2. The lowest BCUT2D eigenvalue weighted by Crippen LogP contribution is -2.61. The molecular formula is C28H40N6O4. The molecule has 1 saturated carbocycles. The maximum atomic E-state index is 13.6. The quantitative estimate of drug-likeness (QED) is 0.387. The van der Waals surface area contributed by atoms with Crippen LogP contribution in [0.5, 0.6) is 0 Å². The summed E-state index contributed by atoms with van der Waals surface area (Å²) >= 11 is 0. The van der Waals surface area contributed by atoms with Gasteiger partial charge in [-0.3, -0.25) is 4.79 Å². The van der Waals surface area contributed by atoms with Gasteiger partial charge in [-0.15, -0.1) is 0 Å². The zero-order chi connectivity index (χ0) is 27.6. The van der Waals surface area contributed by atoms with Crippen LogP contribution in [0.25, 0.3) is 0 Å². The molecule has 0 atom stereocenters. The van der Waals surface area contributed by atoms with Crippen LogP contribution in [0.4, 0.5) is 11.6 Å². The summed E-state index contributed by atoms with van der Waals surface area (Å²) in [5, 5.41) is 3.32. The maximum Gasteiger partial charge on any atom is 0.339 e. The number of hydrogen-bond acceptors (Lipinski definition) is 9. The van der Waals surface area contributed by atoms with Crippen molar-refractivity contribution >= 4 is 23.5 Å². The van der Waals surface area contributed by atoms with Crippen LogP contribution in [0.3, 0.4) is 0 Å². The summed E-state index contributed by atoms with van der Waals surface area (Å²) in [4.78, 5) is 43.8. The third-order valence-electron chi connectivity index (χ3n) is 7.08. The Morgan fingerprint density at radius 1 is 1.18 bits per heavy atom. The Morgan fingerprint density at radius 2 is 1.92 bits per heavy atom. The average molecular weight is 525 g/mol. The standard InChI is InChI=1S/C28H40N6O4/c1-17(2)24-25(29-10-13-38-20-8-9-20)30-15-21(32-24)26(35)34-12-11-33(16-28(34,5)6)22-14-18(3)23(19(4)31-22)27(36)37-7/h14-15,17,20H,8-13,16H2,1-7H3,(H,29,30). The fourth-order valence-corrected chi connectivity index (χ4v) is 4.92. The maximum absolute atomic E-state index is 13.6. The van der Waals surface area contributed by atoms with Crippen molar-refractivity contribution in [2.45, 2.75) is 71.9 Å². The molecule has 206 valence electrons. The van der Waals surface area contributed by atoms with E-state index in [0.29, 0.717) is 61.7 Å². The lowest BCUT2D eigenvalue weighted by molar-refractivity contribution is 0.0505. The number of aryl methyl sites for hydroxylation is 2. The molecule has 0 bridgehead atoms. The van der Waals surface area contributed by atoms with E-state index < -0.39 is 5.54 Å². The molecule has 3 heterocycles. The first-order valence-electron chi connectivity index (χ1n) is 13.4. The van der Waals surface area contributed by atoms with Crippen LogP contribution < -0.4 is 10.2 Å². The fourth-order valence-electron chi connectivity index (χ4n) is 4.92. The third kappa shape index (κ3) is 6.06. The van der Waals surface area contributed by atoms with Gasteiger partial charge in [0.2, 0.25) is 0 Å². The Bertz CT molecular complexity index is 1170. The number of anilines is 2. The largest absolute Gasteiger partial charge is 0.465 e.